The summed E-state index contributed by atoms with van der Waals surface area (Å²) >= 11 is 3.29. The van der Waals surface area contributed by atoms with E-state index < -0.39 is 27.7 Å². The Kier molecular flexibility index (Phi) is 6.36. The predicted molar refractivity (Wildman–Crippen MR) is 93.4 cm³/mol. The number of amides is 2. The van der Waals surface area contributed by atoms with Crippen molar-refractivity contribution < 1.29 is 22.7 Å². The topological polar surface area (TPSA) is 92.8 Å². The molecule has 1 aromatic rings. The monoisotopic (exact) mass is 418 g/mol. The van der Waals surface area contributed by atoms with Gasteiger partial charge in [0.05, 0.1) is 18.1 Å². The summed E-state index contributed by atoms with van der Waals surface area (Å²) in [5.41, 5.74) is 0.480. The van der Waals surface area contributed by atoms with Crippen LogP contribution in [0, 0.1) is 0 Å². The number of halogens is 1. The molecule has 0 saturated carbocycles. The van der Waals surface area contributed by atoms with Crippen molar-refractivity contribution in [2.75, 3.05) is 37.1 Å². The van der Waals surface area contributed by atoms with Crippen LogP contribution in [0.3, 0.4) is 0 Å². The molecular weight excluding hydrogens is 400 g/mol. The van der Waals surface area contributed by atoms with E-state index >= 15 is 0 Å². The third kappa shape index (κ3) is 5.02. The number of ether oxygens (including phenoxy) is 1. The molecule has 1 unspecified atom stereocenters. The third-order valence-corrected chi connectivity index (χ3v) is 5.97. The number of hydrogen-bond donors (Lipinski definition) is 1. The molecule has 0 aromatic heterocycles. The predicted octanol–water partition coefficient (Wildman–Crippen LogP) is 1.05. The van der Waals surface area contributed by atoms with Crippen LogP contribution in [-0.4, -0.2) is 62.9 Å². The van der Waals surface area contributed by atoms with Gasteiger partial charge in [0.25, 0.3) is 0 Å². The van der Waals surface area contributed by atoms with Crippen LogP contribution in [0.25, 0.3) is 0 Å². The fraction of sp³-hybridized carbons (Fsp3) is 0.467. The van der Waals surface area contributed by atoms with Crippen LogP contribution in [0.2, 0.25) is 0 Å². The highest BCUT2D eigenvalue weighted by molar-refractivity contribution is 9.10. The Morgan fingerprint density at radius 3 is 2.75 bits per heavy atom. The van der Waals surface area contributed by atoms with Gasteiger partial charge >= 0.3 is 11.8 Å². The van der Waals surface area contributed by atoms with E-state index in [-0.39, 0.29) is 24.7 Å². The van der Waals surface area contributed by atoms with Crippen molar-refractivity contribution in [2.24, 2.45) is 0 Å². The van der Waals surface area contributed by atoms with Crippen LogP contribution < -0.4 is 5.32 Å². The van der Waals surface area contributed by atoms with Gasteiger partial charge < -0.3 is 15.0 Å². The number of carbonyl (C=O) groups is 2. The first kappa shape index (κ1) is 18.9. The Bertz CT molecular complexity index is 722. The number of rotatable bonds is 5. The van der Waals surface area contributed by atoms with Crippen molar-refractivity contribution in [3.05, 3.63) is 28.7 Å². The second-order valence-corrected chi connectivity index (χ2v) is 8.66. The maximum Gasteiger partial charge on any atom is 0.313 e. The van der Waals surface area contributed by atoms with Gasteiger partial charge in [-0.1, -0.05) is 22.0 Å². The van der Waals surface area contributed by atoms with Crippen LogP contribution in [0.4, 0.5) is 5.69 Å². The summed E-state index contributed by atoms with van der Waals surface area (Å²) < 4.78 is 29.1. The Morgan fingerprint density at radius 1 is 1.42 bits per heavy atom. The lowest BCUT2D eigenvalue weighted by molar-refractivity contribution is -0.144. The van der Waals surface area contributed by atoms with Gasteiger partial charge in [0.15, 0.2) is 9.84 Å². The molecule has 9 heteroatoms. The molecule has 1 aliphatic heterocycles. The molecule has 1 fully saturated rings. The van der Waals surface area contributed by atoms with Crippen LogP contribution in [0.1, 0.15) is 6.42 Å². The van der Waals surface area contributed by atoms with Gasteiger partial charge in [-0.3, -0.25) is 9.59 Å². The first-order valence-corrected chi connectivity index (χ1v) is 10.0. The van der Waals surface area contributed by atoms with Crippen molar-refractivity contribution in [2.45, 2.75) is 12.5 Å². The van der Waals surface area contributed by atoms with Gasteiger partial charge in [0.2, 0.25) is 0 Å². The molecule has 24 heavy (non-hydrogen) atoms. The van der Waals surface area contributed by atoms with E-state index in [0.29, 0.717) is 12.1 Å². The SMILES string of the molecule is COCCN(C(=O)C(=O)Nc1cccc(Br)c1)C1CCS(=O)(=O)C1. The first-order chi connectivity index (χ1) is 11.3. The molecule has 7 nitrogen and oxygen atoms in total. The summed E-state index contributed by atoms with van der Waals surface area (Å²) in [6.45, 7) is 0.397. The van der Waals surface area contributed by atoms with Crippen LogP contribution in [0.5, 0.6) is 0 Å². The Morgan fingerprint density at radius 2 is 2.17 bits per heavy atom. The fourth-order valence-corrected chi connectivity index (χ4v) is 4.67. The molecule has 0 spiro atoms. The molecule has 2 amide bonds. The number of carbonyl (C=O) groups excluding carboxylic acids is 2. The number of nitrogens with zero attached hydrogens (tertiary/aromatic N) is 1. The average molecular weight is 419 g/mol. The zero-order chi connectivity index (χ0) is 17.7. The van der Waals surface area contributed by atoms with Crippen molar-refractivity contribution in [1.29, 1.82) is 0 Å². The normalized spacial score (nSPS) is 19.0. The number of methoxy groups -OCH3 is 1. The van der Waals surface area contributed by atoms with E-state index in [1.165, 1.54) is 12.0 Å². The van der Waals surface area contributed by atoms with Gasteiger partial charge in [0.1, 0.15) is 0 Å². The average Bonchev–Trinajstić information content (AvgIpc) is 2.87. The maximum atomic E-state index is 12.5. The number of sulfone groups is 1. The van der Waals surface area contributed by atoms with Gasteiger partial charge in [-0.15, -0.1) is 0 Å². The molecule has 0 aliphatic carbocycles. The van der Waals surface area contributed by atoms with Crippen LogP contribution in [0.15, 0.2) is 28.7 Å². The molecule has 1 aromatic carbocycles. The van der Waals surface area contributed by atoms with Crippen molar-refractivity contribution >= 4 is 43.3 Å². The van der Waals surface area contributed by atoms with Gasteiger partial charge in [-0.25, -0.2) is 8.42 Å². The minimum absolute atomic E-state index is 0.0294. The summed E-state index contributed by atoms with van der Waals surface area (Å²) in [7, 11) is -1.68. The molecule has 0 bridgehead atoms. The van der Waals surface area contributed by atoms with Gasteiger partial charge in [0, 0.05) is 29.9 Å². The quantitative estimate of drug-likeness (QED) is 0.721. The van der Waals surface area contributed by atoms with E-state index in [9.17, 15) is 18.0 Å². The standard InChI is InChI=1S/C15H19BrN2O5S/c1-23-7-6-18(13-5-8-24(21,22)10-13)15(20)14(19)17-12-4-2-3-11(16)9-12/h2-4,9,13H,5-8,10H2,1H3,(H,17,19). The Balaban J connectivity index is 2.10. The van der Waals surface area contributed by atoms with E-state index in [4.69, 9.17) is 4.74 Å². The lowest BCUT2D eigenvalue weighted by atomic mass is 10.2. The summed E-state index contributed by atoms with van der Waals surface area (Å²) in [6.07, 6.45) is 0.335. The molecule has 1 aliphatic rings. The van der Waals surface area contributed by atoms with E-state index in [2.05, 4.69) is 21.2 Å². The van der Waals surface area contributed by atoms with E-state index in [0.717, 1.165) is 4.47 Å². The molecule has 1 saturated heterocycles. The van der Waals surface area contributed by atoms with Crippen molar-refractivity contribution in [3.63, 3.8) is 0 Å². The molecule has 1 heterocycles. The second-order valence-electron chi connectivity index (χ2n) is 5.51. The lowest BCUT2D eigenvalue weighted by Gasteiger charge is -2.27. The van der Waals surface area contributed by atoms with Crippen LogP contribution in [-0.2, 0) is 24.2 Å². The molecule has 1 N–H and O–H groups in total. The zero-order valence-electron chi connectivity index (χ0n) is 13.2. The maximum absolute atomic E-state index is 12.5. The van der Waals surface area contributed by atoms with Gasteiger partial charge in [-0.05, 0) is 24.6 Å². The van der Waals surface area contributed by atoms with E-state index in [1.807, 2.05) is 0 Å². The molecule has 1 atom stereocenters. The summed E-state index contributed by atoms with van der Waals surface area (Å²) in [5, 5.41) is 2.53. The zero-order valence-corrected chi connectivity index (χ0v) is 15.6. The number of nitrogens with one attached hydrogen (secondary N) is 1. The Hall–Kier alpha value is -1.45. The van der Waals surface area contributed by atoms with Crippen LogP contribution >= 0.6 is 15.9 Å². The number of benzene rings is 1. The lowest BCUT2D eigenvalue weighted by Crippen LogP contribution is -2.47. The van der Waals surface area contributed by atoms with Crippen molar-refractivity contribution in [1.82, 2.24) is 4.90 Å². The molecule has 2 rings (SSSR count). The van der Waals surface area contributed by atoms with Gasteiger partial charge in [-0.2, -0.15) is 0 Å². The largest absolute Gasteiger partial charge is 0.383 e. The Labute approximate surface area is 149 Å². The summed E-state index contributed by atoms with van der Waals surface area (Å²) in [5.74, 6) is -1.64. The molecule has 132 valence electrons. The smallest absolute Gasteiger partial charge is 0.313 e. The minimum atomic E-state index is -3.16. The third-order valence-electron chi connectivity index (χ3n) is 3.72. The summed E-state index contributed by atoms with van der Waals surface area (Å²) in [6, 6.07) is 6.37. The highest BCUT2D eigenvalue weighted by Gasteiger charge is 2.36. The highest BCUT2D eigenvalue weighted by Crippen LogP contribution is 2.19. The highest BCUT2D eigenvalue weighted by atomic mass is 79.9. The number of anilines is 1. The summed E-state index contributed by atoms with van der Waals surface area (Å²) in [4.78, 5) is 26.0. The fourth-order valence-electron chi connectivity index (χ4n) is 2.54. The molecule has 0 radical (unpaired) electrons. The van der Waals surface area contributed by atoms with Crippen molar-refractivity contribution in [3.8, 4) is 0 Å². The molecular formula is C15H19BrN2O5S. The number of hydrogen-bond acceptors (Lipinski definition) is 5. The van der Waals surface area contributed by atoms with E-state index in [1.54, 1.807) is 24.3 Å². The second kappa shape index (κ2) is 8.09. The first-order valence-electron chi connectivity index (χ1n) is 7.39. The minimum Gasteiger partial charge on any atom is -0.383 e.